The van der Waals surface area contributed by atoms with Crippen molar-refractivity contribution in [1.29, 1.82) is 0 Å². The number of nitrogens with zero attached hydrogens (tertiary/aromatic N) is 1. The second kappa shape index (κ2) is 7.39. The molecule has 0 aliphatic heterocycles. The molecule has 0 aliphatic rings. The maximum Gasteiger partial charge on any atom is 0.419 e. The molecule has 0 saturated heterocycles. The van der Waals surface area contributed by atoms with Crippen molar-refractivity contribution in [2.75, 3.05) is 18.6 Å². The molecule has 0 saturated carbocycles. The molecule has 0 bridgehead atoms. The van der Waals surface area contributed by atoms with Gasteiger partial charge in [-0.25, -0.2) is 4.79 Å². The van der Waals surface area contributed by atoms with Crippen LogP contribution in [0.3, 0.4) is 0 Å². The molecule has 0 heterocycles. The molecular weight excluding hydrogens is 302 g/mol. The van der Waals surface area contributed by atoms with E-state index in [-0.39, 0.29) is 6.61 Å². The number of terminal acetylenes is 1. The van der Waals surface area contributed by atoms with Gasteiger partial charge in [0.2, 0.25) is 0 Å². The highest BCUT2D eigenvalue weighted by molar-refractivity contribution is 6.32. The summed E-state index contributed by atoms with van der Waals surface area (Å²) in [5.41, 5.74) is 0.727. The number of hydrogen-bond acceptors (Lipinski definition) is 3. The summed E-state index contributed by atoms with van der Waals surface area (Å²) in [7, 11) is 1.63. The summed E-state index contributed by atoms with van der Waals surface area (Å²) < 4.78 is 10.6. The van der Waals surface area contributed by atoms with Gasteiger partial charge in [-0.3, -0.25) is 4.90 Å². The summed E-state index contributed by atoms with van der Waals surface area (Å²) in [5.74, 6) is 3.04. The average molecular weight is 316 g/mol. The zero-order chi connectivity index (χ0) is 15.9. The van der Waals surface area contributed by atoms with Crippen LogP contribution in [0.15, 0.2) is 48.5 Å². The molecule has 1 amide bonds. The Hall–Kier alpha value is -2.64. The van der Waals surface area contributed by atoms with Crippen LogP contribution >= 0.6 is 11.6 Å². The van der Waals surface area contributed by atoms with Crippen LogP contribution in [-0.4, -0.2) is 19.7 Å². The molecule has 0 spiro atoms. The number of benzene rings is 2. The van der Waals surface area contributed by atoms with Crippen molar-refractivity contribution < 1.29 is 14.3 Å². The van der Waals surface area contributed by atoms with Crippen molar-refractivity contribution in [2.45, 2.75) is 0 Å². The van der Waals surface area contributed by atoms with Crippen LogP contribution in [0.2, 0.25) is 5.02 Å². The molecule has 4 nitrogen and oxygen atoms in total. The van der Waals surface area contributed by atoms with E-state index in [1.165, 1.54) is 11.0 Å². The molecule has 2 aromatic rings. The molecular formula is C17H14ClNO3. The first kappa shape index (κ1) is 15.7. The van der Waals surface area contributed by atoms with Crippen molar-refractivity contribution in [3.8, 4) is 23.8 Å². The van der Waals surface area contributed by atoms with Crippen molar-refractivity contribution in [1.82, 2.24) is 0 Å². The summed E-state index contributed by atoms with van der Waals surface area (Å²) in [6.45, 7) is 0.0844. The minimum Gasteiger partial charge on any atom is -0.479 e. The minimum absolute atomic E-state index is 0.0844. The minimum atomic E-state index is -0.517. The fourth-order valence-corrected chi connectivity index (χ4v) is 1.88. The van der Waals surface area contributed by atoms with Gasteiger partial charge >= 0.3 is 6.09 Å². The maximum absolute atomic E-state index is 12.1. The van der Waals surface area contributed by atoms with E-state index in [1.54, 1.807) is 19.2 Å². The zero-order valence-electron chi connectivity index (χ0n) is 12.0. The van der Waals surface area contributed by atoms with Gasteiger partial charge in [-0.05, 0) is 24.3 Å². The maximum atomic E-state index is 12.1. The lowest BCUT2D eigenvalue weighted by atomic mass is 10.3. The molecule has 0 aromatic heterocycles. The first-order valence-corrected chi connectivity index (χ1v) is 6.86. The largest absolute Gasteiger partial charge is 0.479 e. The van der Waals surface area contributed by atoms with E-state index in [4.69, 9.17) is 27.5 Å². The van der Waals surface area contributed by atoms with Crippen LogP contribution in [0.25, 0.3) is 0 Å². The van der Waals surface area contributed by atoms with Gasteiger partial charge in [-0.1, -0.05) is 35.7 Å². The van der Waals surface area contributed by atoms with Crippen molar-refractivity contribution in [3.05, 3.63) is 53.6 Å². The molecule has 22 heavy (non-hydrogen) atoms. The van der Waals surface area contributed by atoms with Crippen LogP contribution in [0.1, 0.15) is 0 Å². The molecule has 0 radical (unpaired) electrons. The molecule has 2 aromatic carbocycles. The molecule has 112 valence electrons. The lowest BCUT2D eigenvalue weighted by Crippen LogP contribution is -2.29. The summed E-state index contributed by atoms with van der Waals surface area (Å²) in [5, 5.41) is 0.395. The number of amides is 1. The Labute approximate surface area is 134 Å². The van der Waals surface area contributed by atoms with Crippen LogP contribution in [0.4, 0.5) is 10.5 Å². The summed E-state index contributed by atoms with van der Waals surface area (Å²) >= 11 is 5.98. The van der Waals surface area contributed by atoms with Gasteiger partial charge in [0.25, 0.3) is 0 Å². The van der Waals surface area contributed by atoms with Gasteiger partial charge in [0.05, 0.1) is 5.02 Å². The van der Waals surface area contributed by atoms with E-state index in [0.29, 0.717) is 16.5 Å². The first-order chi connectivity index (χ1) is 10.6. The summed E-state index contributed by atoms with van der Waals surface area (Å²) in [6.07, 6.45) is 4.62. The molecule has 0 fully saturated rings. The third-order valence-corrected chi connectivity index (χ3v) is 3.15. The predicted octanol–water partition coefficient (Wildman–Crippen LogP) is 3.99. The molecule has 2 rings (SSSR count). The van der Waals surface area contributed by atoms with Gasteiger partial charge in [0, 0.05) is 18.8 Å². The fraction of sp³-hybridized carbons (Fsp3) is 0.118. The molecule has 0 unspecified atom stereocenters. The molecule has 5 heteroatoms. The molecule has 0 N–H and O–H groups in total. The van der Waals surface area contributed by atoms with Gasteiger partial charge in [-0.15, -0.1) is 6.42 Å². The smallest absolute Gasteiger partial charge is 0.419 e. The van der Waals surface area contributed by atoms with E-state index in [1.807, 2.05) is 30.3 Å². The molecule has 0 aliphatic carbocycles. The number of ether oxygens (including phenoxy) is 2. The van der Waals surface area contributed by atoms with Crippen molar-refractivity contribution in [2.24, 2.45) is 0 Å². The normalized spacial score (nSPS) is 9.68. The van der Waals surface area contributed by atoms with E-state index in [2.05, 4.69) is 5.92 Å². The van der Waals surface area contributed by atoms with Crippen molar-refractivity contribution in [3.63, 3.8) is 0 Å². The van der Waals surface area contributed by atoms with Gasteiger partial charge in [0.1, 0.15) is 18.1 Å². The number of carbonyl (C=O) groups excluding carboxylic acids is 1. The quantitative estimate of drug-likeness (QED) is 0.801. The lowest BCUT2D eigenvalue weighted by molar-refractivity contribution is 0.209. The topological polar surface area (TPSA) is 38.8 Å². The number of para-hydroxylation sites is 1. The highest BCUT2D eigenvalue weighted by atomic mass is 35.5. The highest BCUT2D eigenvalue weighted by Crippen LogP contribution is 2.29. The van der Waals surface area contributed by atoms with E-state index < -0.39 is 6.09 Å². The first-order valence-electron chi connectivity index (χ1n) is 6.48. The van der Waals surface area contributed by atoms with Crippen LogP contribution in [-0.2, 0) is 0 Å². The fourth-order valence-electron chi connectivity index (χ4n) is 1.70. The highest BCUT2D eigenvalue weighted by Gasteiger charge is 2.14. The Balaban J connectivity index is 2.10. The second-order valence-electron chi connectivity index (χ2n) is 4.35. The lowest BCUT2D eigenvalue weighted by Gasteiger charge is -2.17. The standard InChI is InChI=1S/C17H14ClNO3/c1-3-11-21-16-12-14(9-10-15(16)18)22-17(20)19(2)13-7-5-4-6-8-13/h1,4-10,12H,11H2,2H3. The number of rotatable bonds is 4. The van der Waals surface area contributed by atoms with Gasteiger partial charge in [-0.2, -0.15) is 0 Å². The second-order valence-corrected chi connectivity index (χ2v) is 4.75. The van der Waals surface area contributed by atoms with Gasteiger partial charge < -0.3 is 9.47 Å². The Morgan fingerprint density at radius 2 is 2.00 bits per heavy atom. The summed E-state index contributed by atoms with van der Waals surface area (Å²) in [6, 6.07) is 13.9. The van der Waals surface area contributed by atoms with E-state index in [0.717, 1.165) is 5.69 Å². The van der Waals surface area contributed by atoms with Crippen LogP contribution in [0, 0.1) is 12.3 Å². The Kier molecular flexibility index (Phi) is 5.29. The van der Waals surface area contributed by atoms with E-state index >= 15 is 0 Å². The van der Waals surface area contributed by atoms with Crippen LogP contribution in [0.5, 0.6) is 11.5 Å². The number of halogens is 1. The van der Waals surface area contributed by atoms with Crippen molar-refractivity contribution >= 4 is 23.4 Å². The Bertz CT molecular complexity index is 695. The SMILES string of the molecule is C#CCOc1cc(OC(=O)N(C)c2ccccc2)ccc1Cl. The average Bonchev–Trinajstić information content (AvgIpc) is 2.55. The predicted molar refractivity (Wildman–Crippen MR) is 86.6 cm³/mol. The van der Waals surface area contributed by atoms with E-state index in [9.17, 15) is 4.79 Å². The monoisotopic (exact) mass is 315 g/mol. The Morgan fingerprint density at radius 1 is 1.27 bits per heavy atom. The third-order valence-electron chi connectivity index (χ3n) is 2.84. The van der Waals surface area contributed by atoms with Crippen LogP contribution < -0.4 is 14.4 Å². The third kappa shape index (κ3) is 3.94. The number of anilines is 1. The Morgan fingerprint density at radius 3 is 2.68 bits per heavy atom. The summed E-state index contributed by atoms with van der Waals surface area (Å²) in [4.78, 5) is 13.5. The molecule has 0 atom stereocenters. The van der Waals surface area contributed by atoms with Gasteiger partial charge in [0.15, 0.2) is 0 Å². The number of hydrogen-bond donors (Lipinski definition) is 0. The number of carbonyl (C=O) groups is 1. The zero-order valence-corrected chi connectivity index (χ0v) is 12.7.